The largest absolute Gasteiger partial charge is 0.245 e. The quantitative estimate of drug-likeness (QED) is 0.210. The molecule has 4 heteroatoms. The monoisotopic (exact) mass is 536 g/mol. The molecule has 0 radical (unpaired) electrons. The number of benzene rings is 5. The average Bonchev–Trinajstić information content (AvgIpc) is 3.08. The number of hydrogen-bond donors (Lipinski definition) is 0. The lowest BCUT2D eigenvalue weighted by Crippen LogP contribution is -1.98. The molecular formula is C38H24N4. The van der Waals surface area contributed by atoms with Crippen molar-refractivity contribution >= 4 is 32.4 Å². The van der Waals surface area contributed by atoms with E-state index in [9.17, 15) is 0 Å². The van der Waals surface area contributed by atoms with Gasteiger partial charge in [-0.2, -0.15) is 0 Å². The third-order valence-corrected chi connectivity index (χ3v) is 7.67. The Morgan fingerprint density at radius 1 is 0.357 bits per heavy atom. The van der Waals surface area contributed by atoms with Crippen LogP contribution in [0.5, 0.6) is 0 Å². The van der Waals surface area contributed by atoms with Crippen LogP contribution in [-0.2, 0) is 0 Å². The minimum absolute atomic E-state index is 0.667. The van der Waals surface area contributed by atoms with E-state index in [0.29, 0.717) is 5.82 Å². The van der Waals surface area contributed by atoms with Gasteiger partial charge in [-0.25, -0.2) is 19.9 Å². The Kier molecular flexibility index (Phi) is 5.75. The van der Waals surface area contributed by atoms with Crippen LogP contribution in [0, 0.1) is 0 Å². The molecule has 5 aromatic carbocycles. The summed E-state index contributed by atoms with van der Waals surface area (Å²) in [5.74, 6) is 0.667. The summed E-state index contributed by atoms with van der Waals surface area (Å²) in [6.45, 7) is 0. The van der Waals surface area contributed by atoms with Crippen molar-refractivity contribution in [3.63, 3.8) is 0 Å². The van der Waals surface area contributed by atoms with Crippen molar-refractivity contribution in [2.24, 2.45) is 0 Å². The normalized spacial score (nSPS) is 11.3. The molecule has 8 aromatic rings. The van der Waals surface area contributed by atoms with Gasteiger partial charge >= 0.3 is 0 Å². The van der Waals surface area contributed by atoms with Crippen LogP contribution in [0.2, 0.25) is 0 Å². The zero-order chi connectivity index (χ0) is 27.9. The molecule has 0 atom stereocenters. The van der Waals surface area contributed by atoms with E-state index in [-0.39, 0.29) is 0 Å². The molecule has 0 saturated heterocycles. The minimum Gasteiger partial charge on any atom is -0.245 e. The molecule has 3 aromatic heterocycles. The van der Waals surface area contributed by atoms with E-state index < -0.39 is 0 Å². The minimum atomic E-state index is 0.667. The molecule has 4 nitrogen and oxygen atoms in total. The molecule has 3 heterocycles. The number of para-hydroxylation sites is 1. The molecule has 0 aliphatic heterocycles. The summed E-state index contributed by atoms with van der Waals surface area (Å²) >= 11 is 0. The molecule has 0 fully saturated rings. The van der Waals surface area contributed by atoms with Gasteiger partial charge in [0.2, 0.25) is 0 Å². The number of aromatic nitrogens is 4. The Morgan fingerprint density at radius 2 is 1.02 bits per heavy atom. The number of fused-ring (bicyclic) bond motifs is 5. The highest BCUT2D eigenvalue weighted by molar-refractivity contribution is 6.22. The van der Waals surface area contributed by atoms with Gasteiger partial charge in [-0.15, -0.1) is 0 Å². The SMILES string of the molecule is c1ccc(-c2cc(-c3cccc(-c4nc5ccccc5c5c4ccc4ccccc45)n3)nc(-c3ccccc3)n2)cc1. The Bertz CT molecular complexity index is 2170. The standard InChI is InChI=1S/C38H24N4/c1-3-13-26(14-4-1)34-24-35(42-38(41-34)27-15-5-2-6-16-27)32-20-11-21-33(39-32)37-30-23-22-25-12-7-8-17-28(25)36(30)29-18-9-10-19-31(29)40-37/h1-24H. The van der Waals surface area contributed by atoms with Gasteiger partial charge in [-0.1, -0.05) is 121 Å². The first kappa shape index (κ1) is 24.1. The molecule has 8 rings (SSSR count). The van der Waals surface area contributed by atoms with Gasteiger partial charge in [0.25, 0.3) is 0 Å². The molecule has 0 amide bonds. The van der Waals surface area contributed by atoms with Crippen molar-refractivity contribution in [2.75, 3.05) is 0 Å². The molecule has 0 N–H and O–H groups in total. The third-order valence-electron chi connectivity index (χ3n) is 7.67. The van der Waals surface area contributed by atoms with E-state index in [0.717, 1.165) is 55.9 Å². The molecule has 0 aliphatic carbocycles. The molecule has 0 spiro atoms. The number of hydrogen-bond acceptors (Lipinski definition) is 4. The molecule has 42 heavy (non-hydrogen) atoms. The first-order valence-corrected chi connectivity index (χ1v) is 14.0. The highest BCUT2D eigenvalue weighted by Crippen LogP contribution is 2.37. The van der Waals surface area contributed by atoms with E-state index in [4.69, 9.17) is 19.9 Å². The fourth-order valence-electron chi connectivity index (χ4n) is 5.68. The van der Waals surface area contributed by atoms with E-state index in [1.165, 1.54) is 16.2 Å². The molecule has 0 bridgehead atoms. The maximum Gasteiger partial charge on any atom is 0.160 e. The average molecular weight is 537 g/mol. The van der Waals surface area contributed by atoms with E-state index in [1.54, 1.807) is 0 Å². The second-order valence-electron chi connectivity index (χ2n) is 10.3. The van der Waals surface area contributed by atoms with Gasteiger partial charge < -0.3 is 0 Å². The fraction of sp³-hybridized carbons (Fsp3) is 0. The van der Waals surface area contributed by atoms with Gasteiger partial charge in [-0.3, -0.25) is 0 Å². The second-order valence-corrected chi connectivity index (χ2v) is 10.3. The highest BCUT2D eigenvalue weighted by Gasteiger charge is 2.16. The van der Waals surface area contributed by atoms with Crippen LogP contribution in [0.1, 0.15) is 0 Å². The van der Waals surface area contributed by atoms with Crippen LogP contribution in [0.4, 0.5) is 0 Å². The van der Waals surface area contributed by atoms with E-state index in [1.807, 2.05) is 78.9 Å². The molecular weight excluding hydrogens is 512 g/mol. The molecule has 196 valence electrons. The van der Waals surface area contributed by atoms with Crippen LogP contribution >= 0.6 is 0 Å². The summed E-state index contributed by atoms with van der Waals surface area (Å²) in [5.41, 5.74) is 6.99. The highest BCUT2D eigenvalue weighted by atomic mass is 14.9. The smallest absolute Gasteiger partial charge is 0.160 e. The first-order chi connectivity index (χ1) is 20.8. The summed E-state index contributed by atoms with van der Waals surface area (Å²) in [6.07, 6.45) is 0. The van der Waals surface area contributed by atoms with Crippen LogP contribution in [-0.4, -0.2) is 19.9 Å². The predicted molar refractivity (Wildman–Crippen MR) is 172 cm³/mol. The van der Waals surface area contributed by atoms with Crippen molar-refractivity contribution < 1.29 is 0 Å². The van der Waals surface area contributed by atoms with Crippen molar-refractivity contribution in [1.29, 1.82) is 0 Å². The second kappa shape index (κ2) is 10.0. The lowest BCUT2D eigenvalue weighted by Gasteiger charge is -2.13. The summed E-state index contributed by atoms with van der Waals surface area (Å²) in [5, 5.41) is 5.83. The van der Waals surface area contributed by atoms with Crippen molar-refractivity contribution in [3.8, 4) is 45.4 Å². The van der Waals surface area contributed by atoms with E-state index in [2.05, 4.69) is 66.7 Å². The summed E-state index contributed by atoms with van der Waals surface area (Å²) in [7, 11) is 0. The lowest BCUT2D eigenvalue weighted by molar-refractivity contribution is 1.16. The number of pyridine rings is 2. The van der Waals surface area contributed by atoms with Crippen LogP contribution < -0.4 is 0 Å². The molecule has 0 aliphatic rings. The zero-order valence-corrected chi connectivity index (χ0v) is 22.6. The van der Waals surface area contributed by atoms with Gasteiger partial charge in [0, 0.05) is 27.3 Å². The molecule has 0 unspecified atom stereocenters. The van der Waals surface area contributed by atoms with Gasteiger partial charge in [0.15, 0.2) is 5.82 Å². The van der Waals surface area contributed by atoms with Crippen LogP contribution in [0.15, 0.2) is 146 Å². The Hall–Kier alpha value is -5.74. The predicted octanol–water partition coefficient (Wildman–Crippen LogP) is 9.39. The Balaban J connectivity index is 1.35. The van der Waals surface area contributed by atoms with Crippen molar-refractivity contribution in [1.82, 2.24) is 19.9 Å². The summed E-state index contributed by atoms with van der Waals surface area (Å²) in [6, 6.07) is 49.6. The van der Waals surface area contributed by atoms with Crippen molar-refractivity contribution in [3.05, 3.63) is 146 Å². The van der Waals surface area contributed by atoms with Gasteiger partial charge in [0.05, 0.1) is 34.0 Å². The third kappa shape index (κ3) is 4.18. The fourth-order valence-corrected chi connectivity index (χ4v) is 5.68. The van der Waals surface area contributed by atoms with Gasteiger partial charge in [0.1, 0.15) is 0 Å². The summed E-state index contributed by atoms with van der Waals surface area (Å²) in [4.78, 5) is 20.2. The Labute approximate surface area is 243 Å². The maximum absolute atomic E-state index is 5.17. The van der Waals surface area contributed by atoms with E-state index >= 15 is 0 Å². The number of nitrogens with zero attached hydrogens (tertiary/aromatic N) is 4. The Morgan fingerprint density at radius 3 is 1.86 bits per heavy atom. The number of rotatable bonds is 4. The molecule has 0 saturated carbocycles. The topological polar surface area (TPSA) is 51.6 Å². The first-order valence-electron chi connectivity index (χ1n) is 14.0. The van der Waals surface area contributed by atoms with Crippen LogP contribution in [0.25, 0.3) is 77.9 Å². The van der Waals surface area contributed by atoms with Crippen molar-refractivity contribution in [2.45, 2.75) is 0 Å². The van der Waals surface area contributed by atoms with Crippen LogP contribution in [0.3, 0.4) is 0 Å². The maximum atomic E-state index is 5.17. The zero-order valence-electron chi connectivity index (χ0n) is 22.6. The van der Waals surface area contributed by atoms with Gasteiger partial charge in [-0.05, 0) is 35.0 Å². The lowest BCUT2D eigenvalue weighted by atomic mass is 9.96. The summed E-state index contributed by atoms with van der Waals surface area (Å²) < 4.78 is 0.